The molecule has 0 unspecified atom stereocenters. The topological polar surface area (TPSA) is 67.2 Å². The van der Waals surface area contributed by atoms with Crippen molar-refractivity contribution in [1.29, 1.82) is 0 Å². The van der Waals surface area contributed by atoms with Gasteiger partial charge in [-0.15, -0.1) is 0 Å². The molecular weight excluding hydrogens is 264 g/mol. The van der Waals surface area contributed by atoms with Gasteiger partial charge in [-0.3, -0.25) is 9.58 Å². The van der Waals surface area contributed by atoms with Gasteiger partial charge in [0.25, 0.3) is 0 Å². The Balaban J connectivity index is 1.96. The molecule has 1 aliphatic rings. The summed E-state index contributed by atoms with van der Waals surface area (Å²) in [5.74, 6) is 0. The first-order valence-corrected chi connectivity index (χ1v) is 8.23. The van der Waals surface area contributed by atoms with Gasteiger partial charge in [-0.25, -0.2) is 13.1 Å². The molecule has 19 heavy (non-hydrogen) atoms. The second kappa shape index (κ2) is 6.02. The minimum atomic E-state index is -3.43. The van der Waals surface area contributed by atoms with Gasteiger partial charge in [0.15, 0.2) is 0 Å². The molecule has 1 fully saturated rings. The van der Waals surface area contributed by atoms with Crippen molar-refractivity contribution in [3.05, 3.63) is 12.4 Å². The minimum Gasteiger partial charge on any atom is -0.299 e. The number of rotatable bonds is 6. The van der Waals surface area contributed by atoms with Crippen LogP contribution in [0.4, 0.5) is 0 Å². The van der Waals surface area contributed by atoms with Crippen molar-refractivity contribution in [3.8, 4) is 0 Å². The number of nitrogens with zero attached hydrogens (tertiary/aromatic N) is 3. The van der Waals surface area contributed by atoms with E-state index in [0.717, 1.165) is 19.5 Å². The summed E-state index contributed by atoms with van der Waals surface area (Å²) in [7, 11) is -1.73. The van der Waals surface area contributed by atoms with E-state index in [0.29, 0.717) is 6.54 Å². The fraction of sp³-hybridized carbons (Fsp3) is 0.750. The van der Waals surface area contributed by atoms with Crippen molar-refractivity contribution >= 4 is 10.0 Å². The monoisotopic (exact) mass is 286 g/mol. The highest BCUT2D eigenvalue weighted by molar-refractivity contribution is 7.89. The SMILES string of the molecule is CC[C@@H](CNS(=O)(=O)c1cnn(C)c1)N1CCCC1. The van der Waals surface area contributed by atoms with Crippen LogP contribution in [0.2, 0.25) is 0 Å². The predicted molar refractivity (Wildman–Crippen MR) is 73.3 cm³/mol. The lowest BCUT2D eigenvalue weighted by Crippen LogP contribution is -2.42. The lowest BCUT2D eigenvalue weighted by molar-refractivity contribution is 0.237. The van der Waals surface area contributed by atoms with Crippen LogP contribution in [-0.2, 0) is 17.1 Å². The summed E-state index contributed by atoms with van der Waals surface area (Å²) >= 11 is 0. The summed E-state index contributed by atoms with van der Waals surface area (Å²) in [5, 5.41) is 3.89. The van der Waals surface area contributed by atoms with Gasteiger partial charge < -0.3 is 0 Å². The number of nitrogens with one attached hydrogen (secondary N) is 1. The van der Waals surface area contributed by atoms with Crippen molar-refractivity contribution < 1.29 is 8.42 Å². The molecule has 0 aromatic carbocycles. The third-order valence-corrected chi connectivity index (χ3v) is 5.01. The van der Waals surface area contributed by atoms with Crippen LogP contribution in [0.3, 0.4) is 0 Å². The average molecular weight is 286 g/mol. The lowest BCUT2D eigenvalue weighted by atomic mass is 10.2. The number of aryl methyl sites for hydroxylation is 1. The number of hydrogen-bond acceptors (Lipinski definition) is 4. The van der Waals surface area contributed by atoms with Crippen molar-refractivity contribution in [2.45, 2.75) is 37.1 Å². The van der Waals surface area contributed by atoms with Gasteiger partial charge in [-0.1, -0.05) is 6.92 Å². The molecule has 7 heteroatoms. The molecule has 1 saturated heterocycles. The van der Waals surface area contributed by atoms with E-state index in [-0.39, 0.29) is 10.9 Å². The number of likely N-dealkylation sites (tertiary alicyclic amines) is 1. The zero-order chi connectivity index (χ0) is 13.9. The van der Waals surface area contributed by atoms with E-state index < -0.39 is 10.0 Å². The zero-order valence-corrected chi connectivity index (χ0v) is 12.4. The first kappa shape index (κ1) is 14.5. The lowest BCUT2D eigenvalue weighted by Gasteiger charge is -2.26. The number of hydrogen-bond donors (Lipinski definition) is 1. The Hall–Kier alpha value is -0.920. The maximum atomic E-state index is 12.1. The molecule has 1 atom stereocenters. The van der Waals surface area contributed by atoms with Crippen LogP contribution in [0.25, 0.3) is 0 Å². The minimum absolute atomic E-state index is 0.228. The highest BCUT2D eigenvalue weighted by atomic mass is 32.2. The van der Waals surface area contributed by atoms with Gasteiger partial charge >= 0.3 is 0 Å². The molecule has 0 aliphatic carbocycles. The standard InChI is InChI=1S/C12H22N4O2S/c1-3-11(16-6-4-5-7-16)8-14-19(17,18)12-9-13-15(2)10-12/h9-11,14H,3-8H2,1-2H3/t11-/m0/s1. The molecular formula is C12H22N4O2S. The molecule has 1 N–H and O–H groups in total. The summed E-state index contributed by atoms with van der Waals surface area (Å²) in [6.07, 6.45) is 6.27. The van der Waals surface area contributed by atoms with Crippen LogP contribution in [0, 0.1) is 0 Å². The van der Waals surface area contributed by atoms with E-state index in [1.807, 2.05) is 0 Å². The van der Waals surface area contributed by atoms with Crippen LogP contribution >= 0.6 is 0 Å². The fourth-order valence-corrected chi connectivity index (χ4v) is 3.52. The first-order valence-electron chi connectivity index (χ1n) is 6.75. The second-order valence-corrected chi connectivity index (χ2v) is 6.77. The molecule has 2 rings (SSSR count). The summed E-state index contributed by atoms with van der Waals surface area (Å²) in [6.45, 7) is 4.72. The van der Waals surface area contributed by atoms with E-state index in [1.165, 1.54) is 29.9 Å². The van der Waals surface area contributed by atoms with Crippen LogP contribution in [-0.4, -0.2) is 48.8 Å². The third-order valence-electron chi connectivity index (χ3n) is 3.63. The molecule has 0 saturated carbocycles. The van der Waals surface area contributed by atoms with Crippen LogP contribution in [0.5, 0.6) is 0 Å². The molecule has 1 aromatic heterocycles. The summed E-state index contributed by atoms with van der Waals surface area (Å²) in [6, 6.07) is 0.286. The first-order chi connectivity index (χ1) is 9.03. The molecule has 1 aliphatic heterocycles. The predicted octanol–water partition coefficient (Wildman–Crippen LogP) is 0.573. The van der Waals surface area contributed by atoms with Gasteiger partial charge in [0, 0.05) is 25.8 Å². The molecule has 0 radical (unpaired) electrons. The quantitative estimate of drug-likeness (QED) is 0.830. The van der Waals surface area contributed by atoms with E-state index in [4.69, 9.17) is 0 Å². The highest BCUT2D eigenvalue weighted by Crippen LogP contribution is 2.14. The number of sulfonamides is 1. The van der Waals surface area contributed by atoms with Gasteiger partial charge in [0.2, 0.25) is 10.0 Å². The van der Waals surface area contributed by atoms with Gasteiger partial charge in [0.1, 0.15) is 4.90 Å². The molecule has 0 spiro atoms. The summed E-state index contributed by atoms with van der Waals surface area (Å²) in [5.41, 5.74) is 0. The van der Waals surface area contributed by atoms with Crippen LogP contribution in [0.1, 0.15) is 26.2 Å². The van der Waals surface area contributed by atoms with E-state index in [9.17, 15) is 8.42 Å². The van der Waals surface area contributed by atoms with Gasteiger partial charge in [-0.05, 0) is 32.4 Å². The third kappa shape index (κ3) is 3.55. The van der Waals surface area contributed by atoms with Crippen LogP contribution in [0.15, 0.2) is 17.3 Å². The van der Waals surface area contributed by atoms with Crippen molar-refractivity contribution in [2.24, 2.45) is 7.05 Å². The smallest absolute Gasteiger partial charge is 0.243 e. The van der Waals surface area contributed by atoms with Crippen LogP contribution < -0.4 is 4.72 Å². The Morgan fingerprint density at radius 3 is 2.63 bits per heavy atom. The maximum absolute atomic E-state index is 12.1. The zero-order valence-electron chi connectivity index (χ0n) is 11.5. The Bertz CT molecular complexity index is 506. The molecule has 1 aromatic rings. The Kier molecular flexibility index (Phi) is 4.59. The Labute approximate surface area is 114 Å². The molecule has 6 nitrogen and oxygen atoms in total. The molecule has 2 heterocycles. The largest absolute Gasteiger partial charge is 0.299 e. The van der Waals surface area contributed by atoms with Gasteiger partial charge in [-0.2, -0.15) is 5.10 Å². The van der Waals surface area contributed by atoms with E-state index in [2.05, 4.69) is 21.6 Å². The number of aromatic nitrogens is 2. The molecule has 108 valence electrons. The molecule has 0 bridgehead atoms. The van der Waals surface area contributed by atoms with Crippen molar-refractivity contribution in [1.82, 2.24) is 19.4 Å². The summed E-state index contributed by atoms with van der Waals surface area (Å²) < 4.78 is 28.4. The van der Waals surface area contributed by atoms with E-state index in [1.54, 1.807) is 7.05 Å². The highest BCUT2D eigenvalue weighted by Gasteiger charge is 2.23. The van der Waals surface area contributed by atoms with Gasteiger partial charge in [0.05, 0.1) is 6.20 Å². The Morgan fingerprint density at radius 1 is 1.42 bits per heavy atom. The summed E-state index contributed by atoms with van der Waals surface area (Å²) in [4.78, 5) is 2.59. The second-order valence-electron chi connectivity index (χ2n) is 5.01. The molecule has 0 amide bonds. The normalized spacial score (nSPS) is 18.8. The van der Waals surface area contributed by atoms with Crippen molar-refractivity contribution in [3.63, 3.8) is 0 Å². The average Bonchev–Trinajstić information content (AvgIpc) is 3.01. The maximum Gasteiger partial charge on any atom is 0.243 e. The fourth-order valence-electron chi connectivity index (χ4n) is 2.47. The van der Waals surface area contributed by atoms with Crippen molar-refractivity contribution in [2.75, 3.05) is 19.6 Å². The Morgan fingerprint density at radius 2 is 2.11 bits per heavy atom. The van der Waals surface area contributed by atoms with E-state index >= 15 is 0 Å².